The van der Waals surface area contributed by atoms with Gasteiger partial charge in [-0.2, -0.15) is 0 Å². The average Bonchev–Trinajstić information content (AvgIpc) is 2.50. The highest BCUT2D eigenvalue weighted by Crippen LogP contribution is 2.11. The van der Waals surface area contributed by atoms with Crippen LogP contribution in [-0.4, -0.2) is 42.7 Å². The van der Waals surface area contributed by atoms with Gasteiger partial charge < -0.3 is 15.7 Å². The van der Waals surface area contributed by atoms with E-state index in [0.717, 1.165) is 19.5 Å². The van der Waals surface area contributed by atoms with Crippen molar-refractivity contribution in [2.45, 2.75) is 44.9 Å². The van der Waals surface area contributed by atoms with Crippen LogP contribution in [0.1, 0.15) is 54.4 Å². The molecule has 1 aromatic rings. The van der Waals surface area contributed by atoms with Crippen molar-refractivity contribution in [3.8, 4) is 0 Å². The number of nitrogens with two attached hydrogens (primary N) is 1. The number of aryl methyl sites for hydroxylation is 1. The van der Waals surface area contributed by atoms with E-state index in [1.54, 1.807) is 12.1 Å². The molecule has 0 bridgehead atoms. The van der Waals surface area contributed by atoms with E-state index in [4.69, 9.17) is 10.8 Å². The minimum absolute atomic E-state index is 0.247. The maximum absolute atomic E-state index is 11.0. The highest BCUT2D eigenvalue weighted by Gasteiger charge is 2.00. The number of carbonyl (C=O) groups excluding carboxylic acids is 1. The maximum atomic E-state index is 11.0. The Morgan fingerprint density at radius 1 is 1.00 bits per heavy atom. The number of benzene rings is 1. The summed E-state index contributed by atoms with van der Waals surface area (Å²) in [6.07, 6.45) is 8.56. The van der Waals surface area contributed by atoms with E-state index in [0.29, 0.717) is 5.56 Å². The minimum atomic E-state index is -0.365. The van der Waals surface area contributed by atoms with E-state index < -0.39 is 0 Å². The zero-order valence-electron chi connectivity index (χ0n) is 13.8. The lowest BCUT2D eigenvalue weighted by atomic mass is 10.0. The third kappa shape index (κ3) is 8.15. The van der Waals surface area contributed by atoms with Crippen LogP contribution in [0.15, 0.2) is 24.3 Å². The molecule has 0 radical (unpaired) electrons. The fourth-order valence-corrected chi connectivity index (χ4v) is 2.54. The number of hydrogen-bond donors (Lipinski definition) is 2. The predicted octanol–water partition coefficient (Wildman–Crippen LogP) is 2.59. The number of amides is 1. The van der Waals surface area contributed by atoms with Gasteiger partial charge in [-0.1, -0.05) is 37.8 Å². The van der Waals surface area contributed by atoms with Gasteiger partial charge in [0.25, 0.3) is 0 Å². The van der Waals surface area contributed by atoms with Gasteiger partial charge >= 0.3 is 0 Å². The van der Waals surface area contributed by atoms with Crippen molar-refractivity contribution in [1.82, 2.24) is 4.90 Å². The van der Waals surface area contributed by atoms with E-state index in [9.17, 15) is 4.79 Å². The highest BCUT2D eigenvalue weighted by atomic mass is 16.3. The van der Waals surface area contributed by atoms with Gasteiger partial charge in [0, 0.05) is 12.1 Å². The van der Waals surface area contributed by atoms with Gasteiger partial charge in [0.2, 0.25) is 5.91 Å². The van der Waals surface area contributed by atoms with Gasteiger partial charge in [-0.25, -0.2) is 0 Å². The van der Waals surface area contributed by atoms with Crippen molar-refractivity contribution < 1.29 is 9.90 Å². The summed E-state index contributed by atoms with van der Waals surface area (Å²) in [5, 5.41) is 8.81. The molecule has 0 spiro atoms. The molecule has 1 aromatic carbocycles. The van der Waals surface area contributed by atoms with Gasteiger partial charge in [-0.15, -0.1) is 0 Å². The van der Waals surface area contributed by atoms with Crippen LogP contribution in [0.25, 0.3) is 0 Å². The Morgan fingerprint density at radius 3 is 2.18 bits per heavy atom. The van der Waals surface area contributed by atoms with Crippen LogP contribution in [0.3, 0.4) is 0 Å². The quantitative estimate of drug-likeness (QED) is 0.583. The summed E-state index contributed by atoms with van der Waals surface area (Å²) in [5.41, 5.74) is 7.08. The number of carbonyl (C=O) groups is 1. The molecular weight excluding hydrogens is 276 g/mol. The Labute approximate surface area is 134 Å². The molecule has 0 atom stereocenters. The van der Waals surface area contributed by atoms with Crippen LogP contribution in [-0.2, 0) is 6.42 Å². The number of aliphatic hydroxyl groups excluding tert-OH is 1. The topological polar surface area (TPSA) is 66.6 Å². The number of aliphatic hydroxyl groups is 1. The molecule has 0 aliphatic heterocycles. The molecule has 1 rings (SSSR count). The molecule has 0 saturated heterocycles. The standard InChI is InChI=1S/C18H30N2O2/c1-20(14-15-21)13-7-5-3-2-4-6-8-16-9-11-17(12-10-16)18(19)22/h9-12,21H,2-8,13-15H2,1H3,(H2,19,22). The molecule has 0 aromatic heterocycles. The third-order valence-electron chi connectivity index (χ3n) is 3.98. The molecule has 22 heavy (non-hydrogen) atoms. The average molecular weight is 306 g/mol. The Balaban J connectivity index is 2.00. The second-order valence-corrected chi connectivity index (χ2v) is 5.96. The Morgan fingerprint density at radius 2 is 1.59 bits per heavy atom. The second kappa shape index (κ2) is 11.2. The van der Waals surface area contributed by atoms with Gasteiger partial charge in [0.15, 0.2) is 0 Å². The minimum Gasteiger partial charge on any atom is -0.395 e. The van der Waals surface area contributed by atoms with Gasteiger partial charge in [-0.05, 0) is 50.6 Å². The van der Waals surface area contributed by atoms with Crippen LogP contribution in [0, 0.1) is 0 Å². The van der Waals surface area contributed by atoms with Crippen molar-refractivity contribution in [2.75, 3.05) is 26.7 Å². The van der Waals surface area contributed by atoms with Gasteiger partial charge in [-0.3, -0.25) is 4.79 Å². The Bertz CT molecular complexity index is 418. The lowest BCUT2D eigenvalue weighted by Gasteiger charge is -2.14. The van der Waals surface area contributed by atoms with Crippen LogP contribution >= 0.6 is 0 Å². The molecular formula is C18H30N2O2. The largest absolute Gasteiger partial charge is 0.395 e. The first-order valence-corrected chi connectivity index (χ1v) is 8.31. The number of primary amides is 1. The van der Waals surface area contributed by atoms with Crippen molar-refractivity contribution in [3.05, 3.63) is 35.4 Å². The SMILES string of the molecule is CN(CCO)CCCCCCCCc1ccc(C(N)=O)cc1. The summed E-state index contributed by atoms with van der Waals surface area (Å²) in [5.74, 6) is -0.365. The number of nitrogens with zero attached hydrogens (tertiary/aromatic N) is 1. The van der Waals surface area contributed by atoms with E-state index in [-0.39, 0.29) is 12.5 Å². The first-order chi connectivity index (χ1) is 10.6. The predicted molar refractivity (Wildman–Crippen MR) is 90.9 cm³/mol. The van der Waals surface area contributed by atoms with E-state index >= 15 is 0 Å². The number of likely N-dealkylation sites (N-methyl/N-ethyl adjacent to an activating group) is 1. The summed E-state index contributed by atoms with van der Waals surface area (Å²) in [4.78, 5) is 13.2. The van der Waals surface area contributed by atoms with E-state index in [1.165, 1.54) is 44.1 Å². The zero-order valence-corrected chi connectivity index (χ0v) is 13.8. The monoisotopic (exact) mass is 306 g/mol. The molecule has 4 heteroatoms. The summed E-state index contributed by atoms with van der Waals surface area (Å²) < 4.78 is 0. The summed E-state index contributed by atoms with van der Waals surface area (Å²) in [7, 11) is 2.06. The van der Waals surface area contributed by atoms with Crippen LogP contribution in [0.5, 0.6) is 0 Å². The highest BCUT2D eigenvalue weighted by molar-refractivity contribution is 5.92. The number of hydrogen-bond acceptors (Lipinski definition) is 3. The first-order valence-electron chi connectivity index (χ1n) is 8.31. The molecule has 0 saturated carbocycles. The lowest BCUT2D eigenvalue weighted by molar-refractivity contribution is 0.100. The second-order valence-electron chi connectivity index (χ2n) is 5.96. The van der Waals surface area contributed by atoms with Crippen molar-refractivity contribution in [2.24, 2.45) is 5.73 Å². The Hall–Kier alpha value is -1.39. The van der Waals surface area contributed by atoms with Crippen molar-refractivity contribution in [3.63, 3.8) is 0 Å². The number of rotatable bonds is 12. The van der Waals surface area contributed by atoms with Gasteiger partial charge in [0.1, 0.15) is 0 Å². The van der Waals surface area contributed by atoms with Crippen LogP contribution < -0.4 is 5.73 Å². The number of unbranched alkanes of at least 4 members (excludes halogenated alkanes) is 5. The van der Waals surface area contributed by atoms with Crippen molar-refractivity contribution in [1.29, 1.82) is 0 Å². The molecule has 1 amide bonds. The molecule has 0 heterocycles. The van der Waals surface area contributed by atoms with E-state index in [2.05, 4.69) is 11.9 Å². The molecule has 3 N–H and O–H groups in total. The summed E-state index contributed by atoms with van der Waals surface area (Å²) in [6.45, 7) is 2.10. The third-order valence-corrected chi connectivity index (χ3v) is 3.98. The molecule has 0 fully saturated rings. The molecule has 0 aliphatic rings. The molecule has 0 aliphatic carbocycles. The summed E-state index contributed by atoms with van der Waals surface area (Å²) >= 11 is 0. The zero-order chi connectivity index (χ0) is 16.2. The fourth-order valence-electron chi connectivity index (χ4n) is 2.54. The van der Waals surface area contributed by atoms with Crippen LogP contribution in [0.4, 0.5) is 0 Å². The fraction of sp³-hybridized carbons (Fsp3) is 0.611. The molecule has 0 unspecified atom stereocenters. The van der Waals surface area contributed by atoms with Crippen LogP contribution in [0.2, 0.25) is 0 Å². The lowest BCUT2D eigenvalue weighted by Crippen LogP contribution is -2.23. The van der Waals surface area contributed by atoms with Crippen molar-refractivity contribution >= 4 is 5.91 Å². The smallest absolute Gasteiger partial charge is 0.248 e. The van der Waals surface area contributed by atoms with Gasteiger partial charge in [0.05, 0.1) is 6.61 Å². The summed E-state index contributed by atoms with van der Waals surface area (Å²) in [6, 6.07) is 7.61. The normalized spacial score (nSPS) is 11.0. The maximum Gasteiger partial charge on any atom is 0.248 e. The molecule has 4 nitrogen and oxygen atoms in total. The first kappa shape index (κ1) is 18.7. The van der Waals surface area contributed by atoms with E-state index in [1.807, 2.05) is 12.1 Å². The Kier molecular flexibility index (Phi) is 9.51. The molecule has 124 valence electrons.